The van der Waals surface area contributed by atoms with Crippen LogP contribution >= 0.6 is 23.2 Å². The molecular weight excluding hydrogens is 255 g/mol. The van der Waals surface area contributed by atoms with Crippen molar-refractivity contribution in [2.45, 2.75) is 31.8 Å². The molecular formula is C13H18Cl2N2. The molecule has 1 aliphatic rings. The van der Waals surface area contributed by atoms with E-state index in [1.165, 1.54) is 12.8 Å². The molecule has 0 heterocycles. The Morgan fingerprint density at radius 2 is 2.00 bits per heavy atom. The average Bonchev–Trinajstić information content (AvgIpc) is 3.12. The standard InChI is InChI=1S/C13H18Cl2N2/c14-12-4-1-3-10(13(12)15)9-16-7-2-8-17-11-5-6-11/h1,3-4,11,16-17H,2,5-9H2. The number of rotatable bonds is 7. The van der Waals surface area contributed by atoms with Gasteiger partial charge in [-0.1, -0.05) is 35.3 Å². The number of nitrogens with one attached hydrogen (secondary N) is 2. The second-order valence-electron chi connectivity index (χ2n) is 4.47. The van der Waals surface area contributed by atoms with Crippen LogP contribution in [-0.2, 0) is 6.54 Å². The fourth-order valence-electron chi connectivity index (χ4n) is 1.72. The minimum absolute atomic E-state index is 0.626. The van der Waals surface area contributed by atoms with E-state index in [1.807, 2.05) is 18.2 Å². The maximum Gasteiger partial charge on any atom is 0.0637 e. The Balaban J connectivity index is 1.61. The molecule has 2 rings (SSSR count). The number of benzene rings is 1. The molecule has 1 aromatic carbocycles. The summed E-state index contributed by atoms with van der Waals surface area (Å²) in [7, 11) is 0. The molecule has 94 valence electrons. The average molecular weight is 273 g/mol. The van der Waals surface area contributed by atoms with Crippen LogP contribution in [0.1, 0.15) is 24.8 Å². The first-order chi connectivity index (χ1) is 8.27. The highest BCUT2D eigenvalue weighted by atomic mass is 35.5. The van der Waals surface area contributed by atoms with Gasteiger partial charge in [0.15, 0.2) is 0 Å². The topological polar surface area (TPSA) is 24.1 Å². The van der Waals surface area contributed by atoms with Gasteiger partial charge in [0.2, 0.25) is 0 Å². The molecule has 0 amide bonds. The van der Waals surface area contributed by atoms with Crippen LogP contribution in [-0.4, -0.2) is 19.1 Å². The van der Waals surface area contributed by atoms with Gasteiger partial charge in [0.05, 0.1) is 10.0 Å². The SMILES string of the molecule is Clc1cccc(CNCCCNC2CC2)c1Cl. The second kappa shape index (κ2) is 6.60. The molecule has 1 saturated carbocycles. The monoisotopic (exact) mass is 272 g/mol. The van der Waals surface area contributed by atoms with E-state index in [4.69, 9.17) is 23.2 Å². The largest absolute Gasteiger partial charge is 0.314 e. The van der Waals surface area contributed by atoms with Gasteiger partial charge in [0.25, 0.3) is 0 Å². The van der Waals surface area contributed by atoms with Crippen LogP contribution < -0.4 is 10.6 Å². The van der Waals surface area contributed by atoms with Crippen molar-refractivity contribution in [1.29, 1.82) is 0 Å². The third-order valence-electron chi connectivity index (χ3n) is 2.89. The molecule has 0 saturated heterocycles. The third kappa shape index (κ3) is 4.47. The van der Waals surface area contributed by atoms with Gasteiger partial charge in [0, 0.05) is 12.6 Å². The van der Waals surface area contributed by atoms with E-state index in [9.17, 15) is 0 Å². The van der Waals surface area contributed by atoms with Crippen LogP contribution in [0.15, 0.2) is 18.2 Å². The maximum absolute atomic E-state index is 6.10. The third-order valence-corrected chi connectivity index (χ3v) is 3.75. The zero-order valence-electron chi connectivity index (χ0n) is 9.81. The molecule has 1 fully saturated rings. The summed E-state index contributed by atoms with van der Waals surface area (Å²) < 4.78 is 0. The first kappa shape index (κ1) is 13.2. The predicted octanol–water partition coefficient (Wildman–Crippen LogP) is 3.23. The lowest BCUT2D eigenvalue weighted by atomic mass is 10.2. The van der Waals surface area contributed by atoms with Gasteiger partial charge in [-0.2, -0.15) is 0 Å². The lowest BCUT2D eigenvalue weighted by Gasteiger charge is -2.08. The fourth-order valence-corrected chi connectivity index (χ4v) is 2.10. The maximum atomic E-state index is 6.10. The Morgan fingerprint density at radius 1 is 1.18 bits per heavy atom. The van der Waals surface area contributed by atoms with Crippen molar-refractivity contribution in [3.05, 3.63) is 33.8 Å². The molecule has 0 radical (unpaired) electrons. The van der Waals surface area contributed by atoms with Gasteiger partial charge in [-0.3, -0.25) is 0 Å². The van der Waals surface area contributed by atoms with Gasteiger partial charge in [-0.05, 0) is 44.0 Å². The van der Waals surface area contributed by atoms with Crippen LogP contribution in [0.4, 0.5) is 0 Å². The molecule has 1 aromatic rings. The van der Waals surface area contributed by atoms with Crippen molar-refractivity contribution in [2.75, 3.05) is 13.1 Å². The lowest BCUT2D eigenvalue weighted by molar-refractivity contribution is 0.593. The summed E-state index contributed by atoms with van der Waals surface area (Å²) in [6.45, 7) is 2.88. The molecule has 0 spiro atoms. The van der Waals surface area contributed by atoms with E-state index in [-0.39, 0.29) is 0 Å². The Kier molecular flexibility index (Phi) is 5.11. The Morgan fingerprint density at radius 3 is 2.76 bits per heavy atom. The Labute approximate surface area is 113 Å². The fraction of sp³-hybridized carbons (Fsp3) is 0.538. The highest BCUT2D eigenvalue weighted by Gasteiger charge is 2.19. The number of halogens is 2. The first-order valence-corrected chi connectivity index (χ1v) is 6.90. The minimum atomic E-state index is 0.626. The molecule has 0 aromatic heterocycles. The quantitative estimate of drug-likeness (QED) is 0.745. The van der Waals surface area contributed by atoms with E-state index >= 15 is 0 Å². The zero-order chi connectivity index (χ0) is 12.1. The smallest absolute Gasteiger partial charge is 0.0637 e. The van der Waals surface area contributed by atoms with Gasteiger partial charge in [-0.15, -0.1) is 0 Å². The second-order valence-corrected chi connectivity index (χ2v) is 5.26. The van der Waals surface area contributed by atoms with Crippen LogP contribution in [0, 0.1) is 0 Å². The summed E-state index contributed by atoms with van der Waals surface area (Å²) in [6, 6.07) is 6.55. The number of hydrogen-bond donors (Lipinski definition) is 2. The van der Waals surface area contributed by atoms with E-state index < -0.39 is 0 Å². The van der Waals surface area contributed by atoms with Crippen molar-refractivity contribution in [3.8, 4) is 0 Å². The Bertz CT molecular complexity index is 364. The van der Waals surface area contributed by atoms with Gasteiger partial charge in [0.1, 0.15) is 0 Å². The normalized spacial score (nSPS) is 15.2. The Hall–Kier alpha value is -0.280. The summed E-state index contributed by atoms with van der Waals surface area (Å²) in [6.07, 6.45) is 3.85. The molecule has 2 nitrogen and oxygen atoms in total. The van der Waals surface area contributed by atoms with Crippen molar-refractivity contribution >= 4 is 23.2 Å². The molecule has 2 N–H and O–H groups in total. The van der Waals surface area contributed by atoms with E-state index in [1.54, 1.807) is 0 Å². The molecule has 0 bridgehead atoms. The van der Waals surface area contributed by atoms with Crippen LogP contribution in [0.25, 0.3) is 0 Å². The summed E-state index contributed by atoms with van der Waals surface area (Å²) in [4.78, 5) is 0. The van der Waals surface area contributed by atoms with E-state index in [0.29, 0.717) is 10.0 Å². The predicted molar refractivity (Wildman–Crippen MR) is 73.8 cm³/mol. The molecule has 0 aliphatic heterocycles. The zero-order valence-corrected chi connectivity index (χ0v) is 11.3. The molecule has 17 heavy (non-hydrogen) atoms. The summed E-state index contributed by atoms with van der Waals surface area (Å²) in [5.41, 5.74) is 1.06. The summed E-state index contributed by atoms with van der Waals surface area (Å²) in [5.74, 6) is 0. The highest BCUT2D eigenvalue weighted by molar-refractivity contribution is 6.42. The van der Waals surface area contributed by atoms with Gasteiger partial charge in [-0.25, -0.2) is 0 Å². The van der Waals surface area contributed by atoms with Crippen molar-refractivity contribution < 1.29 is 0 Å². The van der Waals surface area contributed by atoms with E-state index in [2.05, 4.69) is 10.6 Å². The van der Waals surface area contributed by atoms with Gasteiger partial charge >= 0.3 is 0 Å². The molecule has 4 heteroatoms. The lowest BCUT2D eigenvalue weighted by Crippen LogP contribution is -2.23. The summed E-state index contributed by atoms with van der Waals surface area (Å²) in [5, 5.41) is 8.16. The molecule has 0 unspecified atom stereocenters. The first-order valence-electron chi connectivity index (χ1n) is 6.14. The summed E-state index contributed by atoms with van der Waals surface area (Å²) >= 11 is 12.0. The molecule has 0 atom stereocenters. The van der Waals surface area contributed by atoms with E-state index in [0.717, 1.165) is 37.7 Å². The van der Waals surface area contributed by atoms with Gasteiger partial charge < -0.3 is 10.6 Å². The molecule has 1 aliphatic carbocycles. The number of hydrogen-bond acceptors (Lipinski definition) is 2. The van der Waals surface area contributed by atoms with Crippen molar-refractivity contribution in [1.82, 2.24) is 10.6 Å². The van der Waals surface area contributed by atoms with Crippen molar-refractivity contribution in [3.63, 3.8) is 0 Å². The van der Waals surface area contributed by atoms with Crippen LogP contribution in [0.3, 0.4) is 0 Å². The minimum Gasteiger partial charge on any atom is -0.314 e. The highest BCUT2D eigenvalue weighted by Crippen LogP contribution is 2.25. The van der Waals surface area contributed by atoms with Crippen LogP contribution in [0.2, 0.25) is 10.0 Å². The van der Waals surface area contributed by atoms with Crippen molar-refractivity contribution in [2.24, 2.45) is 0 Å². The van der Waals surface area contributed by atoms with Crippen LogP contribution in [0.5, 0.6) is 0 Å².